The smallest absolute Gasteiger partial charge is 0.0576 e. The van der Waals surface area contributed by atoms with Gasteiger partial charge in [-0.1, -0.05) is 5.92 Å². The lowest BCUT2D eigenvalue weighted by Gasteiger charge is -2.37. The van der Waals surface area contributed by atoms with Crippen molar-refractivity contribution in [3.05, 3.63) is 0 Å². The predicted molar refractivity (Wildman–Crippen MR) is 60.2 cm³/mol. The highest BCUT2D eigenvalue weighted by molar-refractivity contribution is 4.97. The number of hydrogen-bond donors (Lipinski definition) is 1. The van der Waals surface area contributed by atoms with Crippen molar-refractivity contribution in [3.8, 4) is 11.8 Å². The Labute approximate surface area is 87.5 Å². The van der Waals surface area contributed by atoms with Gasteiger partial charge >= 0.3 is 0 Å². The highest BCUT2D eigenvalue weighted by Gasteiger charge is 2.20. The minimum Gasteiger partial charge on any atom is -0.305 e. The minimum absolute atomic E-state index is 0.632. The van der Waals surface area contributed by atoms with Crippen molar-refractivity contribution < 1.29 is 0 Å². The van der Waals surface area contributed by atoms with E-state index in [0.29, 0.717) is 6.04 Å². The maximum Gasteiger partial charge on any atom is 0.0576 e. The normalized spacial score (nSPS) is 24.4. The summed E-state index contributed by atoms with van der Waals surface area (Å²) in [5.41, 5.74) is 0. The van der Waals surface area contributed by atoms with Gasteiger partial charge in [-0.15, -0.1) is 5.92 Å². The van der Waals surface area contributed by atoms with Crippen molar-refractivity contribution in [2.45, 2.75) is 13.0 Å². The van der Waals surface area contributed by atoms with Gasteiger partial charge in [0, 0.05) is 32.2 Å². The molecule has 0 aromatic carbocycles. The molecule has 1 aliphatic heterocycles. The summed E-state index contributed by atoms with van der Waals surface area (Å²) in [6.07, 6.45) is 0. The fourth-order valence-corrected chi connectivity index (χ4v) is 1.71. The Hall–Kier alpha value is -0.560. The Morgan fingerprint density at radius 1 is 1.36 bits per heavy atom. The Balaban J connectivity index is 2.22. The topological polar surface area (TPSA) is 18.5 Å². The molecule has 1 heterocycles. The average molecular weight is 195 g/mol. The molecule has 1 atom stereocenters. The van der Waals surface area contributed by atoms with Crippen LogP contribution in [0.15, 0.2) is 0 Å². The van der Waals surface area contributed by atoms with E-state index in [4.69, 9.17) is 0 Å². The van der Waals surface area contributed by atoms with Gasteiger partial charge in [-0.3, -0.25) is 4.90 Å². The van der Waals surface area contributed by atoms with E-state index in [1.165, 1.54) is 13.1 Å². The Morgan fingerprint density at radius 3 is 2.86 bits per heavy atom. The van der Waals surface area contributed by atoms with Crippen molar-refractivity contribution >= 4 is 0 Å². The van der Waals surface area contributed by atoms with Crippen LogP contribution in [0, 0.1) is 11.8 Å². The van der Waals surface area contributed by atoms with Gasteiger partial charge in [-0.05, 0) is 21.0 Å². The molecular formula is C11H21N3. The van der Waals surface area contributed by atoms with Crippen LogP contribution in [0.2, 0.25) is 0 Å². The van der Waals surface area contributed by atoms with Crippen LogP contribution in [0.1, 0.15) is 6.92 Å². The summed E-state index contributed by atoms with van der Waals surface area (Å²) in [4.78, 5) is 4.81. The monoisotopic (exact) mass is 195 g/mol. The number of nitrogens with one attached hydrogen (secondary N) is 1. The van der Waals surface area contributed by atoms with Crippen molar-refractivity contribution in [1.82, 2.24) is 15.1 Å². The molecule has 1 aliphatic rings. The second-order valence-electron chi connectivity index (χ2n) is 3.95. The fourth-order valence-electron chi connectivity index (χ4n) is 1.71. The highest BCUT2D eigenvalue weighted by atomic mass is 15.3. The van der Waals surface area contributed by atoms with E-state index >= 15 is 0 Å². The molecule has 1 N–H and O–H groups in total. The molecule has 3 nitrogen and oxygen atoms in total. The van der Waals surface area contributed by atoms with Gasteiger partial charge in [0.25, 0.3) is 0 Å². The van der Waals surface area contributed by atoms with Gasteiger partial charge in [0.15, 0.2) is 0 Å². The SMILES string of the molecule is CC#CCNCC1CN(C)CCN1C. The van der Waals surface area contributed by atoms with Gasteiger partial charge in [0.2, 0.25) is 0 Å². The lowest BCUT2D eigenvalue weighted by molar-refractivity contribution is 0.114. The molecule has 3 heteroatoms. The zero-order valence-electron chi connectivity index (χ0n) is 9.51. The molecule has 0 bridgehead atoms. The first-order chi connectivity index (χ1) is 6.74. The Kier molecular flexibility index (Phi) is 4.95. The van der Waals surface area contributed by atoms with Gasteiger partial charge < -0.3 is 10.2 Å². The van der Waals surface area contributed by atoms with Crippen LogP contribution in [-0.2, 0) is 0 Å². The number of nitrogens with zero attached hydrogens (tertiary/aromatic N) is 2. The summed E-state index contributed by atoms with van der Waals surface area (Å²) in [5, 5.41) is 3.37. The predicted octanol–water partition coefficient (Wildman–Crippen LogP) is -0.155. The van der Waals surface area contributed by atoms with E-state index in [1.807, 2.05) is 6.92 Å². The van der Waals surface area contributed by atoms with E-state index < -0.39 is 0 Å². The van der Waals surface area contributed by atoms with Crippen molar-refractivity contribution in [1.29, 1.82) is 0 Å². The van der Waals surface area contributed by atoms with Crippen LogP contribution in [0.5, 0.6) is 0 Å². The van der Waals surface area contributed by atoms with E-state index in [-0.39, 0.29) is 0 Å². The van der Waals surface area contributed by atoms with E-state index in [9.17, 15) is 0 Å². The average Bonchev–Trinajstić information content (AvgIpc) is 2.18. The minimum atomic E-state index is 0.632. The summed E-state index contributed by atoms with van der Waals surface area (Å²) >= 11 is 0. The van der Waals surface area contributed by atoms with E-state index in [2.05, 4.69) is 41.1 Å². The van der Waals surface area contributed by atoms with Gasteiger partial charge in [0.05, 0.1) is 6.54 Å². The quantitative estimate of drug-likeness (QED) is 0.499. The molecule has 1 unspecified atom stereocenters. The van der Waals surface area contributed by atoms with Crippen molar-refractivity contribution in [3.63, 3.8) is 0 Å². The molecule has 0 aromatic rings. The number of hydrogen-bond acceptors (Lipinski definition) is 3. The van der Waals surface area contributed by atoms with Gasteiger partial charge in [-0.2, -0.15) is 0 Å². The molecule has 0 aliphatic carbocycles. The molecular weight excluding hydrogens is 174 g/mol. The number of piperazine rings is 1. The summed E-state index contributed by atoms with van der Waals surface area (Å²) in [7, 11) is 4.39. The van der Waals surface area contributed by atoms with E-state index in [1.54, 1.807) is 0 Å². The molecule has 0 radical (unpaired) electrons. The second-order valence-corrected chi connectivity index (χ2v) is 3.95. The number of rotatable bonds is 3. The third-order valence-corrected chi connectivity index (χ3v) is 2.75. The van der Waals surface area contributed by atoms with E-state index in [0.717, 1.165) is 19.6 Å². The van der Waals surface area contributed by atoms with Crippen molar-refractivity contribution in [2.75, 3.05) is 46.8 Å². The zero-order chi connectivity index (χ0) is 10.4. The molecule has 0 amide bonds. The van der Waals surface area contributed by atoms with Crippen LogP contribution in [0.4, 0.5) is 0 Å². The third-order valence-electron chi connectivity index (χ3n) is 2.75. The summed E-state index contributed by atoms with van der Waals surface area (Å²) in [6, 6.07) is 0.632. The van der Waals surface area contributed by atoms with Crippen LogP contribution in [0.3, 0.4) is 0 Å². The van der Waals surface area contributed by atoms with Crippen molar-refractivity contribution in [2.24, 2.45) is 0 Å². The molecule has 0 saturated carbocycles. The first-order valence-corrected chi connectivity index (χ1v) is 5.23. The van der Waals surface area contributed by atoms with Crippen LogP contribution in [-0.4, -0.2) is 62.7 Å². The lowest BCUT2D eigenvalue weighted by atomic mass is 10.2. The van der Waals surface area contributed by atoms with Gasteiger partial charge in [-0.25, -0.2) is 0 Å². The maximum absolute atomic E-state index is 3.37. The molecule has 0 aromatic heterocycles. The summed E-state index contributed by atoms with van der Waals surface area (Å²) in [5.74, 6) is 5.91. The molecule has 14 heavy (non-hydrogen) atoms. The van der Waals surface area contributed by atoms with Crippen LogP contribution >= 0.6 is 0 Å². The molecule has 1 fully saturated rings. The largest absolute Gasteiger partial charge is 0.305 e. The maximum atomic E-state index is 3.37. The first kappa shape index (κ1) is 11.5. The fraction of sp³-hybridized carbons (Fsp3) is 0.818. The molecule has 0 spiro atoms. The molecule has 80 valence electrons. The second kappa shape index (κ2) is 6.02. The standard InChI is InChI=1S/C11H21N3/c1-4-5-6-12-9-11-10-13(2)7-8-14(11)3/h11-12H,6-10H2,1-3H3. The first-order valence-electron chi connectivity index (χ1n) is 5.23. The Bertz CT molecular complexity index is 216. The molecule has 1 rings (SSSR count). The molecule has 1 saturated heterocycles. The third kappa shape index (κ3) is 3.67. The summed E-state index contributed by atoms with van der Waals surface area (Å²) < 4.78 is 0. The highest BCUT2D eigenvalue weighted by Crippen LogP contribution is 2.04. The van der Waals surface area contributed by atoms with Crippen LogP contribution < -0.4 is 5.32 Å². The lowest BCUT2D eigenvalue weighted by Crippen LogP contribution is -2.53. The van der Waals surface area contributed by atoms with Crippen LogP contribution in [0.25, 0.3) is 0 Å². The summed E-state index contributed by atoms with van der Waals surface area (Å²) in [6.45, 7) is 7.23. The Morgan fingerprint density at radius 2 is 2.14 bits per heavy atom. The number of likely N-dealkylation sites (N-methyl/N-ethyl adjacent to an activating group) is 2. The zero-order valence-corrected chi connectivity index (χ0v) is 9.51. The van der Waals surface area contributed by atoms with Gasteiger partial charge in [0.1, 0.15) is 0 Å².